The lowest BCUT2D eigenvalue weighted by atomic mass is 10.1. The Hall–Kier alpha value is -2.00. The second-order valence-corrected chi connectivity index (χ2v) is 8.90. The summed E-state index contributed by atoms with van der Waals surface area (Å²) in [5.74, 6) is -1.23. The van der Waals surface area contributed by atoms with Crippen molar-refractivity contribution in [3.63, 3.8) is 0 Å². The van der Waals surface area contributed by atoms with Gasteiger partial charge in [-0.25, -0.2) is 13.5 Å². The highest BCUT2D eigenvalue weighted by Gasteiger charge is 2.26. The van der Waals surface area contributed by atoms with Crippen LogP contribution in [0, 0.1) is 11.6 Å². The fraction of sp³-hybridized carbons (Fsp3) is 0.318. The molecule has 1 aliphatic heterocycles. The molecule has 0 fully saturated rings. The van der Waals surface area contributed by atoms with E-state index >= 15 is 0 Å². The summed E-state index contributed by atoms with van der Waals surface area (Å²) in [7, 11) is 0. The largest absolute Gasteiger partial charge is 0.394 e. The number of halogens is 4. The molecular formula is C22H21BrClF2N3O2. The normalized spacial score (nSPS) is 14.1. The molecule has 9 heteroatoms. The minimum absolute atomic E-state index is 0.0887. The average Bonchev–Trinajstić information content (AvgIpc) is 2.95. The summed E-state index contributed by atoms with van der Waals surface area (Å²) in [5, 5.41) is 10.2. The van der Waals surface area contributed by atoms with Crippen LogP contribution in [-0.4, -0.2) is 32.5 Å². The van der Waals surface area contributed by atoms with Gasteiger partial charge in [0.25, 0.3) is 5.56 Å². The Morgan fingerprint density at radius 2 is 1.81 bits per heavy atom. The van der Waals surface area contributed by atoms with Crippen molar-refractivity contribution in [2.24, 2.45) is 0 Å². The molecule has 4 rings (SSSR count). The molecule has 164 valence electrons. The summed E-state index contributed by atoms with van der Waals surface area (Å²) >= 11 is 9.52. The van der Waals surface area contributed by atoms with Gasteiger partial charge >= 0.3 is 0 Å². The van der Waals surface area contributed by atoms with Crippen LogP contribution < -0.4 is 5.56 Å². The van der Waals surface area contributed by atoms with Crippen LogP contribution in [0.3, 0.4) is 0 Å². The molecule has 0 amide bonds. The Morgan fingerprint density at radius 3 is 2.48 bits per heavy atom. The minimum atomic E-state index is -0.613. The zero-order valence-electron chi connectivity index (χ0n) is 16.6. The highest BCUT2D eigenvalue weighted by Crippen LogP contribution is 2.24. The molecule has 3 aromatic rings. The number of benzene rings is 2. The van der Waals surface area contributed by atoms with Crippen LogP contribution in [0.25, 0.3) is 0 Å². The van der Waals surface area contributed by atoms with Crippen molar-refractivity contribution in [1.82, 2.24) is 14.3 Å². The molecular weight excluding hydrogens is 492 g/mol. The number of aliphatic hydroxyl groups excluding tert-OH is 1. The highest BCUT2D eigenvalue weighted by molar-refractivity contribution is 9.10. The number of aliphatic hydroxyl groups is 1. The maximum atomic E-state index is 13.5. The van der Waals surface area contributed by atoms with Gasteiger partial charge in [-0.15, -0.1) is 0 Å². The third-order valence-corrected chi connectivity index (χ3v) is 6.44. The maximum absolute atomic E-state index is 13.5. The van der Waals surface area contributed by atoms with E-state index in [4.69, 9.17) is 11.6 Å². The molecule has 0 bridgehead atoms. The molecule has 0 unspecified atom stereocenters. The van der Waals surface area contributed by atoms with Crippen molar-refractivity contribution >= 4 is 27.5 Å². The van der Waals surface area contributed by atoms with E-state index in [0.29, 0.717) is 55.3 Å². The van der Waals surface area contributed by atoms with Crippen molar-refractivity contribution < 1.29 is 13.9 Å². The first-order valence-electron chi connectivity index (χ1n) is 9.89. The number of rotatable bonds is 6. The second-order valence-electron chi connectivity index (χ2n) is 7.61. The van der Waals surface area contributed by atoms with Gasteiger partial charge in [0.05, 0.1) is 25.3 Å². The van der Waals surface area contributed by atoms with Gasteiger partial charge in [-0.2, -0.15) is 0 Å². The molecule has 1 aromatic heterocycles. The van der Waals surface area contributed by atoms with E-state index in [9.17, 15) is 18.7 Å². The molecule has 0 radical (unpaired) electrons. The molecule has 1 aliphatic rings. The van der Waals surface area contributed by atoms with Gasteiger partial charge in [-0.3, -0.25) is 14.4 Å². The average molecular weight is 513 g/mol. The Kier molecular flexibility index (Phi) is 6.62. The van der Waals surface area contributed by atoms with E-state index in [1.165, 1.54) is 12.1 Å². The Bertz CT molecular complexity index is 1160. The molecule has 31 heavy (non-hydrogen) atoms. The fourth-order valence-corrected chi connectivity index (χ4v) is 4.92. The fourth-order valence-electron chi connectivity index (χ4n) is 4.11. The van der Waals surface area contributed by atoms with Crippen LogP contribution in [0.1, 0.15) is 22.4 Å². The lowest BCUT2D eigenvalue weighted by Gasteiger charge is -2.27. The predicted octanol–water partition coefficient (Wildman–Crippen LogP) is 3.94. The van der Waals surface area contributed by atoms with Crippen LogP contribution in [0.2, 0.25) is 5.02 Å². The van der Waals surface area contributed by atoms with Gasteiger partial charge in [0, 0.05) is 47.3 Å². The summed E-state index contributed by atoms with van der Waals surface area (Å²) < 4.78 is 31.4. The van der Waals surface area contributed by atoms with Crippen molar-refractivity contribution in [2.45, 2.75) is 32.6 Å². The maximum Gasteiger partial charge on any atom is 0.271 e. The van der Waals surface area contributed by atoms with Crippen LogP contribution in [0.4, 0.5) is 8.78 Å². The van der Waals surface area contributed by atoms with E-state index in [-0.39, 0.29) is 12.2 Å². The SMILES string of the molecule is O=c1c2c(n(CCO)n1Cc1ccc(Cl)cc1Br)CCN(Cc1cc(F)cc(F)c1)C2. The van der Waals surface area contributed by atoms with Gasteiger partial charge in [-0.05, 0) is 35.4 Å². The highest BCUT2D eigenvalue weighted by atomic mass is 79.9. The molecule has 1 N–H and O–H groups in total. The first-order valence-corrected chi connectivity index (χ1v) is 11.1. The van der Waals surface area contributed by atoms with Gasteiger partial charge in [0.1, 0.15) is 11.6 Å². The number of hydrogen-bond acceptors (Lipinski definition) is 3. The van der Waals surface area contributed by atoms with Crippen LogP contribution in [-0.2, 0) is 32.6 Å². The molecule has 5 nitrogen and oxygen atoms in total. The van der Waals surface area contributed by atoms with E-state index in [0.717, 1.165) is 21.8 Å². The molecule has 0 atom stereocenters. The molecule has 2 heterocycles. The number of nitrogens with zero attached hydrogens (tertiary/aromatic N) is 3. The van der Waals surface area contributed by atoms with E-state index in [2.05, 4.69) is 15.9 Å². The smallest absolute Gasteiger partial charge is 0.271 e. The summed E-state index contributed by atoms with van der Waals surface area (Å²) in [6, 6.07) is 8.88. The van der Waals surface area contributed by atoms with Crippen LogP contribution >= 0.6 is 27.5 Å². The monoisotopic (exact) mass is 511 g/mol. The molecule has 0 saturated heterocycles. The first kappa shape index (κ1) is 22.2. The molecule has 0 spiro atoms. The van der Waals surface area contributed by atoms with Crippen molar-refractivity contribution in [2.75, 3.05) is 13.2 Å². The summed E-state index contributed by atoms with van der Waals surface area (Å²) in [5.41, 5.74) is 2.85. The van der Waals surface area contributed by atoms with Gasteiger partial charge in [0.15, 0.2) is 0 Å². The lowest BCUT2D eigenvalue weighted by Crippen LogP contribution is -2.32. The van der Waals surface area contributed by atoms with E-state index in [1.54, 1.807) is 16.8 Å². The minimum Gasteiger partial charge on any atom is -0.394 e. The van der Waals surface area contributed by atoms with Gasteiger partial charge in [0.2, 0.25) is 0 Å². The van der Waals surface area contributed by atoms with Crippen molar-refractivity contribution in [1.29, 1.82) is 0 Å². The van der Waals surface area contributed by atoms with Crippen molar-refractivity contribution in [3.05, 3.63) is 90.3 Å². The number of aromatic nitrogens is 2. The number of hydrogen-bond donors (Lipinski definition) is 1. The van der Waals surface area contributed by atoms with Crippen molar-refractivity contribution in [3.8, 4) is 0 Å². The predicted molar refractivity (Wildman–Crippen MR) is 118 cm³/mol. The zero-order valence-corrected chi connectivity index (χ0v) is 19.0. The summed E-state index contributed by atoms with van der Waals surface area (Å²) in [6.45, 7) is 1.93. The molecule has 2 aromatic carbocycles. The van der Waals surface area contributed by atoms with Crippen LogP contribution in [0.5, 0.6) is 0 Å². The quantitative estimate of drug-likeness (QED) is 0.544. The topological polar surface area (TPSA) is 50.4 Å². The molecule has 0 aliphatic carbocycles. The lowest BCUT2D eigenvalue weighted by molar-refractivity contribution is 0.232. The first-order chi connectivity index (χ1) is 14.9. The van der Waals surface area contributed by atoms with E-state index in [1.807, 2.05) is 15.6 Å². The Balaban J connectivity index is 1.64. The van der Waals surface area contributed by atoms with Gasteiger partial charge < -0.3 is 5.11 Å². The third kappa shape index (κ3) is 4.77. The molecule has 0 saturated carbocycles. The number of fused-ring (bicyclic) bond motifs is 1. The standard InChI is InChI=1S/C22H21BrClF2N3O2/c23-20-9-16(24)2-1-15(20)12-29-22(31)19-13-27(4-3-21(19)28(29)5-6-30)11-14-7-17(25)10-18(26)8-14/h1-2,7-10,30H,3-6,11-13H2. The zero-order chi connectivity index (χ0) is 22.1. The summed E-state index contributed by atoms with van der Waals surface area (Å²) in [4.78, 5) is 15.3. The Morgan fingerprint density at radius 1 is 1.06 bits per heavy atom. The van der Waals surface area contributed by atoms with E-state index < -0.39 is 11.6 Å². The second kappa shape index (κ2) is 9.24. The summed E-state index contributed by atoms with van der Waals surface area (Å²) in [6.07, 6.45) is 0.608. The Labute approximate surface area is 191 Å². The van der Waals surface area contributed by atoms with Gasteiger partial charge in [-0.1, -0.05) is 33.6 Å². The third-order valence-electron chi connectivity index (χ3n) is 5.47. The van der Waals surface area contributed by atoms with Crippen LogP contribution in [0.15, 0.2) is 45.7 Å².